The third kappa shape index (κ3) is 4.66. The molecule has 0 radical (unpaired) electrons. The Morgan fingerprint density at radius 1 is 0.743 bits per heavy atom. The molecule has 3 aromatic rings. The van der Waals surface area contributed by atoms with Crippen LogP contribution in [0.25, 0.3) is 6.08 Å². The maximum absolute atomic E-state index is 13.0. The van der Waals surface area contributed by atoms with Crippen LogP contribution in [0.15, 0.2) is 84.9 Å². The molecular formula is C31H32O4. The SMILES string of the molecule is CC(C)(C)c1cccc2c1C(C(Cc1ccccc1)C(=O)O)(C(Cc1ccccc1)C(=O)O)C=C2. The predicted octanol–water partition coefficient (Wildman–Crippen LogP) is 6.14. The van der Waals surface area contributed by atoms with Gasteiger partial charge in [0.1, 0.15) is 0 Å². The summed E-state index contributed by atoms with van der Waals surface area (Å²) >= 11 is 0. The van der Waals surface area contributed by atoms with Crippen molar-refractivity contribution in [1.29, 1.82) is 0 Å². The highest BCUT2D eigenvalue weighted by atomic mass is 16.4. The molecule has 1 aliphatic carbocycles. The summed E-state index contributed by atoms with van der Waals surface area (Å²) in [6, 6.07) is 24.9. The van der Waals surface area contributed by atoms with Crippen molar-refractivity contribution in [3.8, 4) is 0 Å². The zero-order valence-electron chi connectivity index (χ0n) is 20.4. The van der Waals surface area contributed by atoms with Crippen molar-refractivity contribution in [3.05, 3.63) is 113 Å². The van der Waals surface area contributed by atoms with Gasteiger partial charge in [-0.05, 0) is 46.1 Å². The van der Waals surface area contributed by atoms with Gasteiger partial charge >= 0.3 is 11.9 Å². The molecule has 0 spiro atoms. The molecule has 0 saturated heterocycles. The lowest BCUT2D eigenvalue weighted by atomic mass is 9.58. The zero-order valence-corrected chi connectivity index (χ0v) is 20.4. The van der Waals surface area contributed by atoms with E-state index < -0.39 is 29.2 Å². The first-order valence-corrected chi connectivity index (χ1v) is 12.0. The van der Waals surface area contributed by atoms with Crippen molar-refractivity contribution in [2.45, 2.75) is 44.4 Å². The van der Waals surface area contributed by atoms with Crippen LogP contribution in [0.4, 0.5) is 0 Å². The van der Waals surface area contributed by atoms with E-state index in [1.807, 2.05) is 91.0 Å². The lowest BCUT2D eigenvalue weighted by Crippen LogP contribution is -2.49. The van der Waals surface area contributed by atoms with E-state index in [4.69, 9.17) is 0 Å². The molecule has 0 fully saturated rings. The highest BCUT2D eigenvalue weighted by Crippen LogP contribution is 2.52. The number of rotatable bonds is 8. The Balaban J connectivity index is 2.00. The first-order valence-electron chi connectivity index (χ1n) is 12.0. The molecule has 4 nitrogen and oxygen atoms in total. The summed E-state index contributed by atoms with van der Waals surface area (Å²) in [5, 5.41) is 21.3. The van der Waals surface area contributed by atoms with Crippen LogP contribution in [0.2, 0.25) is 0 Å². The maximum atomic E-state index is 13.0. The number of hydrogen-bond donors (Lipinski definition) is 2. The fourth-order valence-electron chi connectivity index (χ4n) is 5.57. The van der Waals surface area contributed by atoms with Gasteiger partial charge in [-0.3, -0.25) is 9.59 Å². The number of benzene rings is 3. The summed E-state index contributed by atoms with van der Waals surface area (Å²) in [6.45, 7) is 6.27. The van der Waals surface area contributed by atoms with E-state index in [1.54, 1.807) is 0 Å². The summed E-state index contributed by atoms with van der Waals surface area (Å²) in [4.78, 5) is 26.0. The molecule has 0 heterocycles. The topological polar surface area (TPSA) is 74.6 Å². The molecular weight excluding hydrogens is 436 g/mol. The normalized spacial score (nSPS) is 18.6. The molecule has 2 N–H and O–H groups in total. The number of hydrogen-bond acceptors (Lipinski definition) is 2. The molecule has 2 atom stereocenters. The molecule has 1 aliphatic rings. The van der Waals surface area contributed by atoms with Crippen LogP contribution in [0.5, 0.6) is 0 Å². The second-order valence-corrected chi connectivity index (χ2v) is 10.4. The Morgan fingerprint density at radius 3 is 1.66 bits per heavy atom. The van der Waals surface area contributed by atoms with Gasteiger partial charge in [0.25, 0.3) is 0 Å². The van der Waals surface area contributed by atoms with Gasteiger partial charge in [-0.2, -0.15) is 0 Å². The van der Waals surface area contributed by atoms with Gasteiger partial charge in [0.15, 0.2) is 0 Å². The van der Waals surface area contributed by atoms with Crippen molar-refractivity contribution >= 4 is 18.0 Å². The van der Waals surface area contributed by atoms with Gasteiger partial charge in [-0.1, -0.05) is 112 Å². The van der Waals surface area contributed by atoms with E-state index in [1.165, 1.54) is 0 Å². The summed E-state index contributed by atoms with van der Waals surface area (Å²) in [6.07, 6.45) is 4.26. The van der Waals surface area contributed by atoms with E-state index in [0.29, 0.717) is 0 Å². The number of carbonyl (C=O) groups is 2. The van der Waals surface area contributed by atoms with Gasteiger partial charge in [0.2, 0.25) is 0 Å². The first-order chi connectivity index (χ1) is 16.6. The third-order valence-corrected chi connectivity index (χ3v) is 7.19. The molecule has 0 aromatic heterocycles. The molecule has 0 aliphatic heterocycles. The van der Waals surface area contributed by atoms with Gasteiger partial charge in [0.05, 0.1) is 11.8 Å². The van der Waals surface area contributed by atoms with Crippen molar-refractivity contribution in [2.75, 3.05) is 0 Å². The monoisotopic (exact) mass is 468 g/mol. The Hall–Kier alpha value is -3.66. The van der Waals surface area contributed by atoms with Gasteiger partial charge in [0, 0.05) is 5.41 Å². The number of carboxylic acids is 2. The molecule has 0 saturated carbocycles. The molecule has 2 unspecified atom stereocenters. The van der Waals surface area contributed by atoms with Crippen LogP contribution >= 0.6 is 0 Å². The highest BCUT2D eigenvalue weighted by molar-refractivity contribution is 5.84. The highest BCUT2D eigenvalue weighted by Gasteiger charge is 2.55. The maximum Gasteiger partial charge on any atom is 0.308 e. The second-order valence-electron chi connectivity index (χ2n) is 10.4. The quantitative estimate of drug-likeness (QED) is 0.417. The second kappa shape index (κ2) is 9.53. The van der Waals surface area contributed by atoms with Crippen molar-refractivity contribution in [3.63, 3.8) is 0 Å². The Labute approximate surface area is 207 Å². The Kier molecular flexibility index (Phi) is 6.66. The molecule has 4 rings (SSSR count). The van der Waals surface area contributed by atoms with Crippen molar-refractivity contribution < 1.29 is 19.8 Å². The Bertz CT molecular complexity index is 1180. The van der Waals surface area contributed by atoms with E-state index in [0.717, 1.165) is 27.8 Å². The van der Waals surface area contributed by atoms with Crippen LogP contribution < -0.4 is 0 Å². The van der Waals surface area contributed by atoms with E-state index in [2.05, 4.69) is 20.8 Å². The smallest absolute Gasteiger partial charge is 0.308 e. The average molecular weight is 469 g/mol. The standard InChI is InChI=1S/C31H32O4/c1-30(2,3)24-16-10-15-23-17-18-31(27(23)24,25(28(32)33)19-21-11-6-4-7-12-21)26(29(34)35)20-22-13-8-5-9-14-22/h4-18,25-26H,19-20H2,1-3H3,(H,32,33)(H,34,35). The van der Waals surface area contributed by atoms with Gasteiger partial charge in [-0.25, -0.2) is 0 Å². The fraction of sp³-hybridized carbons (Fsp3) is 0.290. The predicted molar refractivity (Wildman–Crippen MR) is 138 cm³/mol. The lowest BCUT2D eigenvalue weighted by molar-refractivity contribution is -0.149. The third-order valence-electron chi connectivity index (χ3n) is 7.19. The van der Waals surface area contributed by atoms with E-state index >= 15 is 0 Å². The minimum absolute atomic E-state index is 0.233. The minimum Gasteiger partial charge on any atom is -0.481 e. The molecule has 35 heavy (non-hydrogen) atoms. The summed E-state index contributed by atoms with van der Waals surface area (Å²) < 4.78 is 0. The number of allylic oxidation sites excluding steroid dienone is 1. The van der Waals surface area contributed by atoms with Gasteiger partial charge in [-0.15, -0.1) is 0 Å². The lowest BCUT2D eigenvalue weighted by Gasteiger charge is -2.43. The number of fused-ring (bicyclic) bond motifs is 1. The molecule has 3 aromatic carbocycles. The first kappa shape index (κ1) is 24.5. The molecule has 0 amide bonds. The van der Waals surface area contributed by atoms with Crippen LogP contribution in [0.3, 0.4) is 0 Å². The molecule has 4 heteroatoms. The van der Waals surface area contributed by atoms with Crippen molar-refractivity contribution in [2.24, 2.45) is 11.8 Å². The van der Waals surface area contributed by atoms with Crippen molar-refractivity contribution in [1.82, 2.24) is 0 Å². The van der Waals surface area contributed by atoms with E-state index in [9.17, 15) is 19.8 Å². The van der Waals surface area contributed by atoms with Crippen LogP contribution in [-0.4, -0.2) is 22.2 Å². The summed E-state index contributed by atoms with van der Waals surface area (Å²) in [5.41, 5.74) is 2.95. The Morgan fingerprint density at radius 2 is 1.23 bits per heavy atom. The molecule has 0 bridgehead atoms. The fourth-order valence-corrected chi connectivity index (χ4v) is 5.57. The van der Waals surface area contributed by atoms with Crippen LogP contribution in [0, 0.1) is 11.8 Å². The average Bonchev–Trinajstić information content (AvgIpc) is 3.21. The number of carboxylic acid groups (broad SMARTS) is 2. The van der Waals surface area contributed by atoms with E-state index in [-0.39, 0.29) is 18.3 Å². The summed E-state index contributed by atoms with van der Waals surface area (Å²) in [7, 11) is 0. The zero-order chi connectivity index (χ0) is 25.2. The van der Waals surface area contributed by atoms with Gasteiger partial charge < -0.3 is 10.2 Å². The van der Waals surface area contributed by atoms with Crippen LogP contribution in [0.1, 0.15) is 48.6 Å². The molecule has 180 valence electrons. The largest absolute Gasteiger partial charge is 0.481 e. The van der Waals surface area contributed by atoms with Crippen LogP contribution in [-0.2, 0) is 33.3 Å². The minimum atomic E-state index is -1.22. The summed E-state index contributed by atoms with van der Waals surface area (Å²) in [5.74, 6) is -3.91. The number of aliphatic carboxylic acids is 2.